The van der Waals surface area contributed by atoms with Gasteiger partial charge in [-0.3, -0.25) is 9.13 Å². The molecule has 0 aliphatic rings. The predicted octanol–water partition coefficient (Wildman–Crippen LogP) is 3.11. The molecule has 4 aromatic rings. The Morgan fingerprint density at radius 2 is 1.43 bits per heavy atom. The molecule has 0 saturated heterocycles. The Balaban J connectivity index is 1.76. The van der Waals surface area contributed by atoms with Crippen LogP contribution in [0.4, 0.5) is 11.4 Å². The summed E-state index contributed by atoms with van der Waals surface area (Å²) >= 11 is 0. The van der Waals surface area contributed by atoms with Crippen molar-refractivity contribution < 1.29 is 0 Å². The minimum Gasteiger partial charge on any atom is -0.355 e. The summed E-state index contributed by atoms with van der Waals surface area (Å²) in [5.74, 6) is 0. The maximum absolute atomic E-state index is 12.0. The molecule has 0 atom stereocenters. The van der Waals surface area contributed by atoms with Gasteiger partial charge in [0.25, 0.3) is 0 Å². The van der Waals surface area contributed by atoms with Crippen LogP contribution in [0.15, 0.2) is 53.5 Å². The van der Waals surface area contributed by atoms with E-state index in [9.17, 15) is 4.79 Å². The van der Waals surface area contributed by atoms with Crippen LogP contribution < -0.4 is 11.0 Å². The molecule has 1 N–H and O–H groups in total. The number of hydrogen-bond acceptors (Lipinski definition) is 2. The number of benzene rings is 2. The maximum Gasteiger partial charge on any atom is 0.328 e. The van der Waals surface area contributed by atoms with Crippen molar-refractivity contribution in [1.82, 2.24) is 13.7 Å². The molecule has 2 aromatic carbocycles. The Hall–Kier alpha value is -2.95. The zero-order valence-electron chi connectivity index (χ0n) is 13.4. The van der Waals surface area contributed by atoms with E-state index in [0.29, 0.717) is 0 Å². The van der Waals surface area contributed by atoms with Crippen LogP contribution >= 0.6 is 0 Å². The van der Waals surface area contributed by atoms with Crippen LogP contribution in [0.3, 0.4) is 0 Å². The van der Waals surface area contributed by atoms with E-state index in [1.54, 1.807) is 23.2 Å². The van der Waals surface area contributed by atoms with Crippen LogP contribution in [0.2, 0.25) is 0 Å². The molecular formula is C18H18N4O. The molecule has 116 valence electrons. The number of imidazole rings is 1. The third-order valence-corrected chi connectivity index (χ3v) is 4.45. The summed E-state index contributed by atoms with van der Waals surface area (Å²) in [6.07, 6.45) is 2.06. The minimum atomic E-state index is -0.0112. The Labute approximate surface area is 133 Å². The Bertz CT molecular complexity index is 1100. The van der Waals surface area contributed by atoms with Crippen LogP contribution in [0.5, 0.6) is 0 Å². The fraction of sp³-hybridized carbons (Fsp3) is 0.167. The third kappa shape index (κ3) is 2.04. The van der Waals surface area contributed by atoms with Crippen LogP contribution in [0.25, 0.3) is 21.9 Å². The van der Waals surface area contributed by atoms with Crippen LogP contribution in [-0.2, 0) is 21.1 Å². The van der Waals surface area contributed by atoms with E-state index in [-0.39, 0.29) is 5.69 Å². The van der Waals surface area contributed by atoms with Crippen LogP contribution in [0.1, 0.15) is 0 Å². The highest BCUT2D eigenvalue weighted by Gasteiger charge is 2.08. The van der Waals surface area contributed by atoms with E-state index < -0.39 is 0 Å². The standard InChI is InChI=1S/C18H18N4O/c1-20-9-8-12-10-13(4-6-15(12)20)19-14-5-7-16-17(11-14)22(3)18(23)21(16)2/h4-11,19H,1-3H3. The first-order valence-electron chi connectivity index (χ1n) is 7.52. The fourth-order valence-corrected chi connectivity index (χ4v) is 3.11. The lowest BCUT2D eigenvalue weighted by Gasteiger charge is -2.08. The highest BCUT2D eigenvalue weighted by atomic mass is 16.1. The van der Waals surface area contributed by atoms with Gasteiger partial charge in [0.1, 0.15) is 0 Å². The topological polar surface area (TPSA) is 43.9 Å². The molecule has 0 spiro atoms. The summed E-state index contributed by atoms with van der Waals surface area (Å²) in [6.45, 7) is 0. The molecule has 2 aromatic heterocycles. The molecule has 0 aliphatic carbocycles. The van der Waals surface area contributed by atoms with Crippen molar-refractivity contribution >= 4 is 33.3 Å². The number of hydrogen-bond donors (Lipinski definition) is 1. The highest BCUT2D eigenvalue weighted by Crippen LogP contribution is 2.24. The molecular weight excluding hydrogens is 288 g/mol. The van der Waals surface area contributed by atoms with E-state index >= 15 is 0 Å². The van der Waals surface area contributed by atoms with Gasteiger partial charge in [0.05, 0.1) is 11.0 Å². The molecule has 0 radical (unpaired) electrons. The molecule has 0 unspecified atom stereocenters. The number of aromatic nitrogens is 3. The van der Waals surface area contributed by atoms with Gasteiger partial charge in [0, 0.05) is 49.6 Å². The van der Waals surface area contributed by atoms with Crippen molar-refractivity contribution in [3.63, 3.8) is 0 Å². The zero-order valence-corrected chi connectivity index (χ0v) is 13.4. The number of nitrogens with zero attached hydrogens (tertiary/aromatic N) is 3. The largest absolute Gasteiger partial charge is 0.355 e. The maximum atomic E-state index is 12.0. The van der Waals surface area contributed by atoms with Crippen molar-refractivity contribution in [3.05, 3.63) is 59.1 Å². The average molecular weight is 306 g/mol. The van der Waals surface area contributed by atoms with E-state index in [0.717, 1.165) is 22.4 Å². The van der Waals surface area contributed by atoms with Crippen LogP contribution in [0, 0.1) is 0 Å². The molecule has 0 saturated carbocycles. The van der Waals surface area contributed by atoms with Gasteiger partial charge in [-0.2, -0.15) is 0 Å². The summed E-state index contributed by atoms with van der Waals surface area (Å²) in [4.78, 5) is 12.0. The molecule has 0 amide bonds. The van der Waals surface area contributed by atoms with Gasteiger partial charge < -0.3 is 9.88 Å². The lowest BCUT2D eigenvalue weighted by molar-refractivity contribution is 0.795. The van der Waals surface area contributed by atoms with Crippen molar-refractivity contribution in [3.8, 4) is 0 Å². The highest BCUT2D eigenvalue weighted by molar-refractivity contribution is 5.86. The van der Waals surface area contributed by atoms with Crippen molar-refractivity contribution in [1.29, 1.82) is 0 Å². The van der Waals surface area contributed by atoms with Crippen LogP contribution in [-0.4, -0.2) is 13.7 Å². The summed E-state index contributed by atoms with van der Waals surface area (Å²) in [7, 11) is 5.63. The smallest absolute Gasteiger partial charge is 0.328 e. The molecule has 23 heavy (non-hydrogen) atoms. The molecule has 5 nitrogen and oxygen atoms in total. The number of aryl methyl sites for hydroxylation is 3. The normalized spacial score (nSPS) is 11.4. The zero-order chi connectivity index (χ0) is 16.1. The fourth-order valence-electron chi connectivity index (χ4n) is 3.11. The quantitative estimate of drug-likeness (QED) is 0.618. The second kappa shape index (κ2) is 4.78. The first-order valence-corrected chi connectivity index (χ1v) is 7.52. The Morgan fingerprint density at radius 1 is 0.783 bits per heavy atom. The lowest BCUT2D eigenvalue weighted by Crippen LogP contribution is -2.19. The van der Waals surface area contributed by atoms with Gasteiger partial charge in [0.2, 0.25) is 0 Å². The molecule has 0 aliphatic heterocycles. The second-order valence-corrected chi connectivity index (χ2v) is 5.93. The summed E-state index contributed by atoms with van der Waals surface area (Å²) < 4.78 is 5.43. The summed E-state index contributed by atoms with van der Waals surface area (Å²) in [6, 6.07) is 14.4. The second-order valence-electron chi connectivity index (χ2n) is 5.93. The van der Waals surface area contributed by atoms with Crippen molar-refractivity contribution in [2.24, 2.45) is 21.1 Å². The monoisotopic (exact) mass is 306 g/mol. The van der Waals surface area contributed by atoms with E-state index in [4.69, 9.17) is 0 Å². The van der Waals surface area contributed by atoms with Gasteiger partial charge in [-0.25, -0.2) is 4.79 Å². The molecule has 0 bridgehead atoms. The third-order valence-electron chi connectivity index (χ3n) is 4.45. The SMILES string of the molecule is Cn1ccc2cc(Nc3ccc4c(c3)n(C)c(=O)n4C)ccc21. The molecule has 0 fully saturated rings. The minimum absolute atomic E-state index is 0.0112. The molecule has 2 heterocycles. The first kappa shape index (κ1) is 13.7. The Kier molecular flexibility index (Phi) is 2.84. The predicted molar refractivity (Wildman–Crippen MR) is 94.4 cm³/mol. The molecule has 5 heteroatoms. The lowest BCUT2D eigenvalue weighted by atomic mass is 10.2. The average Bonchev–Trinajstić information content (AvgIpc) is 3.02. The summed E-state index contributed by atoms with van der Waals surface area (Å²) in [5.41, 5.74) is 5.04. The first-order chi connectivity index (χ1) is 11.0. The number of fused-ring (bicyclic) bond motifs is 2. The van der Waals surface area contributed by atoms with Crippen molar-refractivity contribution in [2.75, 3.05) is 5.32 Å². The van der Waals surface area contributed by atoms with Gasteiger partial charge in [0.15, 0.2) is 0 Å². The van der Waals surface area contributed by atoms with E-state index in [2.05, 4.69) is 40.3 Å². The van der Waals surface area contributed by atoms with Gasteiger partial charge >= 0.3 is 5.69 Å². The Morgan fingerprint density at radius 3 is 2.22 bits per heavy atom. The van der Waals surface area contributed by atoms with Gasteiger partial charge in [-0.15, -0.1) is 0 Å². The summed E-state index contributed by atoms with van der Waals surface area (Å²) in [5, 5.41) is 4.62. The number of rotatable bonds is 2. The van der Waals surface area contributed by atoms with Gasteiger partial charge in [-0.05, 0) is 42.5 Å². The molecule has 4 rings (SSSR count). The van der Waals surface area contributed by atoms with Crippen molar-refractivity contribution in [2.45, 2.75) is 0 Å². The van der Waals surface area contributed by atoms with E-state index in [1.165, 1.54) is 10.9 Å². The van der Waals surface area contributed by atoms with Gasteiger partial charge in [-0.1, -0.05) is 0 Å². The number of anilines is 2. The van der Waals surface area contributed by atoms with E-state index in [1.807, 2.05) is 25.2 Å². The number of nitrogens with one attached hydrogen (secondary N) is 1.